The van der Waals surface area contributed by atoms with Crippen LogP contribution in [-0.2, 0) is 19.1 Å². The van der Waals surface area contributed by atoms with Gasteiger partial charge in [0.25, 0.3) is 0 Å². The van der Waals surface area contributed by atoms with Gasteiger partial charge >= 0.3 is 23.9 Å². The third kappa shape index (κ3) is 9.65. The number of carboxylic acid groups (broad SMARTS) is 2. The Labute approximate surface area is 202 Å². The number of nitrogens with zero attached hydrogens (tertiary/aromatic N) is 1. The van der Waals surface area contributed by atoms with Crippen molar-refractivity contribution in [1.29, 1.82) is 5.26 Å². The van der Waals surface area contributed by atoms with E-state index in [1.165, 1.54) is 24.3 Å². The molecule has 0 aliphatic rings. The van der Waals surface area contributed by atoms with Crippen molar-refractivity contribution in [2.45, 2.75) is 51.9 Å². The average molecular weight is 485 g/mol. The van der Waals surface area contributed by atoms with E-state index < -0.39 is 36.1 Å². The first-order valence-corrected chi connectivity index (χ1v) is 10.6. The summed E-state index contributed by atoms with van der Waals surface area (Å²) in [4.78, 5) is 47.3. The maximum Gasteiger partial charge on any atom is 0.349 e. The van der Waals surface area contributed by atoms with Gasteiger partial charge in [-0.3, -0.25) is 0 Å². The predicted molar refractivity (Wildman–Crippen MR) is 125 cm³/mol. The minimum absolute atomic E-state index is 0.0332. The molecule has 0 heterocycles. The van der Waals surface area contributed by atoms with Crippen LogP contribution in [0, 0.1) is 25.2 Å². The molecule has 0 spiro atoms. The molecule has 2 aromatic rings. The van der Waals surface area contributed by atoms with Crippen LogP contribution in [0.2, 0.25) is 0 Å². The zero-order chi connectivity index (χ0) is 26.5. The lowest BCUT2D eigenvalue weighted by molar-refractivity contribution is -0.166. The van der Waals surface area contributed by atoms with E-state index in [0.29, 0.717) is 6.42 Å². The number of benzene rings is 2. The van der Waals surface area contributed by atoms with E-state index in [4.69, 9.17) is 20.5 Å². The van der Waals surface area contributed by atoms with Crippen molar-refractivity contribution in [2.24, 2.45) is 5.73 Å². The molecule has 0 amide bonds. The lowest BCUT2D eigenvalue weighted by Crippen LogP contribution is -2.45. The Morgan fingerprint density at radius 1 is 0.829 bits per heavy atom. The van der Waals surface area contributed by atoms with Gasteiger partial charge in [-0.2, -0.15) is 5.26 Å². The summed E-state index contributed by atoms with van der Waals surface area (Å²) in [6.45, 7) is 5.56. The fourth-order valence-electron chi connectivity index (χ4n) is 2.49. The number of aryl methyl sites for hydroxylation is 2. The molecule has 0 aliphatic heterocycles. The Bertz CT molecular complexity index is 983. The Morgan fingerprint density at radius 2 is 1.17 bits per heavy atom. The van der Waals surface area contributed by atoms with E-state index in [0.717, 1.165) is 17.5 Å². The van der Waals surface area contributed by atoms with Gasteiger partial charge in [0.2, 0.25) is 12.2 Å². The second-order valence-corrected chi connectivity index (χ2v) is 7.59. The number of esters is 2. The number of carboxylic acids is 2. The second kappa shape index (κ2) is 14.1. The highest BCUT2D eigenvalue weighted by Gasteiger charge is 2.41. The topological polar surface area (TPSA) is 177 Å². The van der Waals surface area contributed by atoms with Gasteiger partial charge in [0.05, 0.1) is 23.6 Å². The number of nitriles is 1. The molecule has 2 unspecified atom stereocenters. The zero-order valence-corrected chi connectivity index (χ0v) is 19.6. The summed E-state index contributed by atoms with van der Waals surface area (Å²) in [5.74, 6) is -5.62. The van der Waals surface area contributed by atoms with Gasteiger partial charge in [-0.1, -0.05) is 42.3 Å². The van der Waals surface area contributed by atoms with Crippen molar-refractivity contribution in [2.75, 3.05) is 0 Å². The maximum absolute atomic E-state index is 12.2. The Kier molecular flexibility index (Phi) is 11.6. The minimum Gasteiger partial charge on any atom is -0.478 e. The molecule has 2 rings (SSSR count). The van der Waals surface area contributed by atoms with Crippen LogP contribution < -0.4 is 5.73 Å². The van der Waals surface area contributed by atoms with Crippen molar-refractivity contribution >= 4 is 23.9 Å². The number of hydrogen-bond donors (Lipinski definition) is 3. The number of aliphatic carboxylic acids is 2. The Balaban J connectivity index is 0.000000762. The van der Waals surface area contributed by atoms with Crippen LogP contribution in [0.3, 0.4) is 0 Å². The summed E-state index contributed by atoms with van der Waals surface area (Å²) >= 11 is 0. The van der Waals surface area contributed by atoms with E-state index in [9.17, 15) is 29.4 Å². The third-order valence-corrected chi connectivity index (χ3v) is 4.68. The number of hydrogen-bond acceptors (Lipinski definition) is 8. The first kappa shape index (κ1) is 28.8. The molecule has 0 radical (unpaired) electrons. The Morgan fingerprint density at radius 3 is 1.40 bits per heavy atom. The smallest absolute Gasteiger partial charge is 0.349 e. The van der Waals surface area contributed by atoms with Gasteiger partial charge in [-0.05, 0) is 44.5 Å². The number of nitrogens with two attached hydrogens (primary N) is 1. The first-order valence-electron chi connectivity index (χ1n) is 10.6. The number of carbonyl (C=O) groups is 4. The molecule has 2 aromatic carbocycles. The molecule has 186 valence electrons. The number of ether oxygens (including phenoxy) is 2. The monoisotopic (exact) mass is 484 g/mol. The van der Waals surface area contributed by atoms with Crippen LogP contribution in [0.5, 0.6) is 0 Å². The molecule has 3 atom stereocenters. The third-order valence-electron chi connectivity index (χ3n) is 4.68. The highest BCUT2D eigenvalue weighted by atomic mass is 16.6. The summed E-state index contributed by atoms with van der Waals surface area (Å²) in [5, 5.41) is 26.7. The van der Waals surface area contributed by atoms with Gasteiger partial charge in [-0.15, -0.1) is 0 Å². The van der Waals surface area contributed by atoms with Crippen LogP contribution in [0.1, 0.15) is 51.6 Å². The van der Waals surface area contributed by atoms with Crippen molar-refractivity contribution in [1.82, 2.24) is 0 Å². The van der Waals surface area contributed by atoms with Crippen molar-refractivity contribution in [3.8, 4) is 6.07 Å². The van der Waals surface area contributed by atoms with Crippen LogP contribution in [-0.4, -0.2) is 52.3 Å². The standard InChI is InChI=1S/C20H18O8.C5H10N2/c1-11-3-7-13(8-4-11)19(25)27-15(17(21)22)16(18(23)24)28-20(26)14-9-5-12(2)6-10-14;1-2-5(7)3-4-6/h3-10,15-16H,1-2H3,(H,21,22)(H,23,24);5H,2-3,7H2,1H3/t;5-/m.0/s1. The number of carbonyl (C=O) groups excluding carboxylic acids is 2. The quantitative estimate of drug-likeness (QED) is 0.448. The summed E-state index contributed by atoms with van der Waals surface area (Å²) in [6, 6.07) is 14.1. The molecular formula is C25H28N2O8. The highest BCUT2D eigenvalue weighted by Crippen LogP contribution is 2.14. The van der Waals surface area contributed by atoms with E-state index in [1.54, 1.807) is 38.1 Å². The molecule has 0 saturated carbocycles. The molecule has 35 heavy (non-hydrogen) atoms. The van der Waals surface area contributed by atoms with Crippen LogP contribution >= 0.6 is 0 Å². The van der Waals surface area contributed by atoms with E-state index in [-0.39, 0.29) is 17.2 Å². The summed E-state index contributed by atoms with van der Waals surface area (Å²) in [5.41, 5.74) is 7.15. The van der Waals surface area contributed by atoms with Gasteiger partial charge in [0, 0.05) is 6.04 Å². The zero-order valence-electron chi connectivity index (χ0n) is 19.6. The van der Waals surface area contributed by atoms with Crippen LogP contribution in [0.25, 0.3) is 0 Å². The molecule has 10 heteroatoms. The van der Waals surface area contributed by atoms with Crippen LogP contribution in [0.15, 0.2) is 48.5 Å². The molecule has 0 aromatic heterocycles. The average Bonchev–Trinajstić information content (AvgIpc) is 2.82. The second-order valence-electron chi connectivity index (χ2n) is 7.59. The summed E-state index contributed by atoms with van der Waals surface area (Å²) in [7, 11) is 0. The molecule has 0 aliphatic carbocycles. The van der Waals surface area contributed by atoms with Gasteiger partial charge in [0.15, 0.2) is 0 Å². The van der Waals surface area contributed by atoms with Crippen LogP contribution in [0.4, 0.5) is 0 Å². The molecule has 4 N–H and O–H groups in total. The fraction of sp³-hybridized carbons (Fsp3) is 0.320. The molecule has 0 fully saturated rings. The fourth-order valence-corrected chi connectivity index (χ4v) is 2.49. The van der Waals surface area contributed by atoms with Gasteiger partial charge in [0.1, 0.15) is 0 Å². The van der Waals surface area contributed by atoms with Gasteiger partial charge in [-0.25, -0.2) is 19.2 Å². The van der Waals surface area contributed by atoms with Crippen molar-refractivity contribution in [3.05, 3.63) is 70.8 Å². The van der Waals surface area contributed by atoms with E-state index in [2.05, 4.69) is 0 Å². The molecule has 0 bridgehead atoms. The minimum atomic E-state index is -2.22. The van der Waals surface area contributed by atoms with E-state index >= 15 is 0 Å². The normalized spacial score (nSPS) is 12.5. The lowest BCUT2D eigenvalue weighted by atomic mass is 10.1. The summed E-state index contributed by atoms with van der Waals surface area (Å²) < 4.78 is 9.64. The largest absolute Gasteiger partial charge is 0.478 e. The Hall–Kier alpha value is -4.23. The molecule has 10 nitrogen and oxygen atoms in total. The lowest BCUT2D eigenvalue weighted by Gasteiger charge is -2.21. The van der Waals surface area contributed by atoms with Crippen molar-refractivity contribution < 1.29 is 38.9 Å². The summed E-state index contributed by atoms with van der Waals surface area (Å²) in [6.07, 6.45) is -3.06. The number of rotatable bonds is 9. The first-order chi connectivity index (χ1) is 16.5. The van der Waals surface area contributed by atoms with Gasteiger partial charge < -0.3 is 25.4 Å². The molecule has 0 saturated heterocycles. The van der Waals surface area contributed by atoms with E-state index in [1.807, 2.05) is 13.0 Å². The predicted octanol–water partition coefficient (Wildman–Crippen LogP) is 2.86. The molecular weight excluding hydrogens is 456 g/mol. The maximum atomic E-state index is 12.2. The van der Waals surface area contributed by atoms with Crippen molar-refractivity contribution in [3.63, 3.8) is 0 Å². The SMILES string of the molecule is CC[C@H](N)CC#N.Cc1ccc(C(=O)OC(C(=O)O)C(OC(=O)c2ccc(C)cc2)C(=O)O)cc1. The highest BCUT2D eigenvalue weighted by molar-refractivity contribution is 5.95.